The van der Waals surface area contributed by atoms with Gasteiger partial charge in [-0.3, -0.25) is 0 Å². The van der Waals surface area contributed by atoms with Gasteiger partial charge in [-0.1, -0.05) is 12.8 Å². The molecule has 1 fully saturated rings. The second kappa shape index (κ2) is 4.87. The maximum Gasteiger partial charge on any atom is 0.315 e. The molecule has 104 valence electrons. The first-order valence-electron chi connectivity index (χ1n) is 7.23. The molecule has 1 saturated carbocycles. The molecule has 1 atom stereocenters. The van der Waals surface area contributed by atoms with E-state index in [4.69, 9.17) is 0 Å². The monoisotopic (exact) mass is 262 g/mol. The average molecular weight is 262 g/mol. The van der Waals surface area contributed by atoms with Gasteiger partial charge in [0.2, 0.25) is 0 Å². The van der Waals surface area contributed by atoms with Crippen molar-refractivity contribution in [1.82, 2.24) is 20.2 Å². The lowest BCUT2D eigenvalue weighted by atomic mass is 10.0. The van der Waals surface area contributed by atoms with Crippen LogP contribution in [0.15, 0.2) is 12.4 Å². The molecule has 2 N–H and O–H groups in total. The van der Waals surface area contributed by atoms with Crippen molar-refractivity contribution in [3.8, 4) is 0 Å². The number of rotatable bonds is 2. The summed E-state index contributed by atoms with van der Waals surface area (Å²) in [5.74, 6) is 1.07. The van der Waals surface area contributed by atoms with Crippen molar-refractivity contribution in [2.24, 2.45) is 0 Å². The van der Waals surface area contributed by atoms with Crippen LogP contribution < -0.4 is 10.6 Å². The standard InChI is InChI=1S/C14H22N4O/c1-14(5-2-3-6-14)17-13(19)16-11-4-8-18-9-7-15-12(18)10-11/h7,9,11H,2-6,8,10H2,1H3,(H2,16,17,19). The van der Waals surface area contributed by atoms with Gasteiger partial charge in [-0.2, -0.15) is 0 Å². The van der Waals surface area contributed by atoms with Crippen LogP contribution in [0, 0.1) is 0 Å². The predicted molar refractivity (Wildman–Crippen MR) is 72.9 cm³/mol. The van der Waals surface area contributed by atoms with Gasteiger partial charge >= 0.3 is 6.03 Å². The molecular weight excluding hydrogens is 240 g/mol. The van der Waals surface area contributed by atoms with Crippen LogP contribution in [0.25, 0.3) is 0 Å². The van der Waals surface area contributed by atoms with Crippen molar-refractivity contribution in [2.75, 3.05) is 0 Å². The Balaban J connectivity index is 1.53. The van der Waals surface area contributed by atoms with E-state index >= 15 is 0 Å². The van der Waals surface area contributed by atoms with Crippen molar-refractivity contribution in [2.45, 2.75) is 63.6 Å². The van der Waals surface area contributed by atoms with Crippen molar-refractivity contribution < 1.29 is 4.79 Å². The highest BCUT2D eigenvalue weighted by atomic mass is 16.2. The Morgan fingerprint density at radius 1 is 1.47 bits per heavy atom. The van der Waals surface area contributed by atoms with Gasteiger partial charge in [-0.05, 0) is 26.2 Å². The van der Waals surface area contributed by atoms with Gasteiger partial charge in [0.15, 0.2) is 0 Å². The molecule has 2 amide bonds. The number of imidazole rings is 1. The Morgan fingerprint density at radius 3 is 3.05 bits per heavy atom. The van der Waals surface area contributed by atoms with E-state index in [2.05, 4.69) is 27.1 Å². The third-order valence-electron chi connectivity index (χ3n) is 4.41. The van der Waals surface area contributed by atoms with Crippen LogP contribution in [0.2, 0.25) is 0 Å². The summed E-state index contributed by atoms with van der Waals surface area (Å²) in [6.07, 6.45) is 10.3. The lowest BCUT2D eigenvalue weighted by Gasteiger charge is -2.29. The van der Waals surface area contributed by atoms with Crippen molar-refractivity contribution in [3.05, 3.63) is 18.2 Å². The van der Waals surface area contributed by atoms with E-state index < -0.39 is 0 Å². The van der Waals surface area contributed by atoms with E-state index in [0.29, 0.717) is 0 Å². The van der Waals surface area contributed by atoms with Gasteiger partial charge in [-0.15, -0.1) is 0 Å². The highest BCUT2D eigenvalue weighted by Gasteiger charge is 2.31. The maximum atomic E-state index is 12.1. The fourth-order valence-corrected chi connectivity index (χ4v) is 3.25. The van der Waals surface area contributed by atoms with Crippen LogP contribution in [-0.2, 0) is 13.0 Å². The summed E-state index contributed by atoms with van der Waals surface area (Å²) in [5.41, 5.74) is -0.00276. The smallest absolute Gasteiger partial charge is 0.315 e. The van der Waals surface area contributed by atoms with Crippen molar-refractivity contribution in [1.29, 1.82) is 0 Å². The van der Waals surface area contributed by atoms with Crippen LogP contribution >= 0.6 is 0 Å². The Kier molecular flexibility index (Phi) is 3.21. The predicted octanol–water partition coefficient (Wildman–Crippen LogP) is 1.83. The first-order valence-corrected chi connectivity index (χ1v) is 7.23. The number of nitrogens with zero attached hydrogens (tertiary/aromatic N) is 2. The summed E-state index contributed by atoms with van der Waals surface area (Å²) in [5, 5.41) is 6.24. The zero-order valence-corrected chi connectivity index (χ0v) is 11.5. The number of carbonyl (C=O) groups is 1. The van der Waals surface area contributed by atoms with E-state index in [-0.39, 0.29) is 17.6 Å². The molecular formula is C14H22N4O. The summed E-state index contributed by atoms with van der Waals surface area (Å²) in [6, 6.07) is 0.189. The second-order valence-corrected chi connectivity index (χ2v) is 6.09. The van der Waals surface area contributed by atoms with Gasteiger partial charge < -0.3 is 15.2 Å². The highest BCUT2D eigenvalue weighted by molar-refractivity contribution is 5.75. The van der Waals surface area contributed by atoms with Gasteiger partial charge in [0.05, 0.1) is 0 Å². The van der Waals surface area contributed by atoms with E-state index in [1.807, 2.05) is 12.4 Å². The molecule has 1 unspecified atom stereocenters. The largest absolute Gasteiger partial charge is 0.335 e. The molecule has 2 heterocycles. The van der Waals surface area contributed by atoms with Gasteiger partial charge in [0.1, 0.15) is 5.82 Å². The number of carbonyl (C=O) groups excluding carboxylic acids is 1. The molecule has 19 heavy (non-hydrogen) atoms. The van der Waals surface area contributed by atoms with Gasteiger partial charge in [-0.25, -0.2) is 9.78 Å². The summed E-state index contributed by atoms with van der Waals surface area (Å²) >= 11 is 0. The topological polar surface area (TPSA) is 59.0 Å². The van der Waals surface area contributed by atoms with E-state index in [1.165, 1.54) is 12.8 Å². The summed E-state index contributed by atoms with van der Waals surface area (Å²) in [6.45, 7) is 3.09. The zero-order chi connectivity index (χ0) is 13.3. The fraction of sp³-hybridized carbons (Fsp3) is 0.714. The Bertz CT molecular complexity index is 462. The maximum absolute atomic E-state index is 12.1. The minimum Gasteiger partial charge on any atom is -0.335 e. The SMILES string of the molecule is CC1(NC(=O)NC2CCn3ccnc3C2)CCCC1. The number of fused-ring (bicyclic) bond motifs is 1. The molecule has 0 radical (unpaired) electrons. The third kappa shape index (κ3) is 2.74. The molecule has 0 spiro atoms. The van der Waals surface area contributed by atoms with E-state index in [1.54, 1.807) is 0 Å². The lowest BCUT2D eigenvalue weighted by molar-refractivity contribution is 0.221. The molecule has 0 aromatic carbocycles. The number of aromatic nitrogens is 2. The molecule has 0 bridgehead atoms. The van der Waals surface area contributed by atoms with E-state index in [0.717, 1.165) is 38.1 Å². The minimum atomic E-state index is -0.0191. The minimum absolute atomic E-state index is 0.00276. The molecule has 0 saturated heterocycles. The summed E-state index contributed by atoms with van der Waals surface area (Å²) < 4.78 is 2.16. The molecule has 1 aliphatic carbocycles. The number of hydrogen-bond acceptors (Lipinski definition) is 2. The number of amides is 2. The quantitative estimate of drug-likeness (QED) is 0.854. The van der Waals surface area contributed by atoms with Crippen molar-refractivity contribution >= 4 is 6.03 Å². The number of aryl methyl sites for hydroxylation is 1. The summed E-state index contributed by atoms with van der Waals surface area (Å²) in [4.78, 5) is 16.4. The zero-order valence-electron chi connectivity index (χ0n) is 11.5. The molecule has 1 aliphatic heterocycles. The average Bonchev–Trinajstić information content (AvgIpc) is 2.97. The van der Waals surface area contributed by atoms with Crippen molar-refractivity contribution in [3.63, 3.8) is 0 Å². The Labute approximate surface area is 113 Å². The first-order chi connectivity index (χ1) is 9.15. The third-order valence-corrected chi connectivity index (χ3v) is 4.41. The highest BCUT2D eigenvalue weighted by Crippen LogP contribution is 2.28. The Hall–Kier alpha value is -1.52. The normalized spacial score (nSPS) is 24.8. The molecule has 2 aliphatic rings. The van der Waals surface area contributed by atoms with Gasteiger partial charge in [0, 0.05) is 36.9 Å². The number of hydrogen-bond donors (Lipinski definition) is 2. The number of nitrogens with one attached hydrogen (secondary N) is 2. The lowest BCUT2D eigenvalue weighted by Crippen LogP contribution is -2.52. The first kappa shape index (κ1) is 12.5. The second-order valence-electron chi connectivity index (χ2n) is 6.09. The van der Waals surface area contributed by atoms with Gasteiger partial charge in [0.25, 0.3) is 0 Å². The molecule has 5 heteroatoms. The fourth-order valence-electron chi connectivity index (χ4n) is 3.25. The number of urea groups is 1. The van der Waals surface area contributed by atoms with Crippen LogP contribution in [-0.4, -0.2) is 27.2 Å². The Morgan fingerprint density at radius 2 is 2.26 bits per heavy atom. The summed E-state index contributed by atoms with van der Waals surface area (Å²) in [7, 11) is 0. The molecule has 5 nitrogen and oxygen atoms in total. The van der Waals surface area contributed by atoms with Crippen LogP contribution in [0.4, 0.5) is 4.79 Å². The van der Waals surface area contributed by atoms with Crippen LogP contribution in [0.5, 0.6) is 0 Å². The molecule has 1 aromatic heterocycles. The van der Waals surface area contributed by atoms with Crippen LogP contribution in [0.3, 0.4) is 0 Å². The molecule has 1 aromatic rings. The van der Waals surface area contributed by atoms with Crippen LogP contribution in [0.1, 0.15) is 44.9 Å². The molecule has 3 rings (SSSR count). The van der Waals surface area contributed by atoms with E-state index in [9.17, 15) is 4.79 Å².